The second-order valence-electron chi connectivity index (χ2n) is 7.96. The fourth-order valence-electron chi connectivity index (χ4n) is 3.03. The summed E-state index contributed by atoms with van der Waals surface area (Å²) < 4.78 is 16.0. The maximum absolute atomic E-state index is 11.9. The normalized spacial score (nSPS) is 10.7. The highest BCUT2D eigenvalue weighted by molar-refractivity contribution is 5.87. The Morgan fingerprint density at radius 3 is 2.29 bits per heavy atom. The van der Waals surface area contributed by atoms with Crippen LogP contribution in [0.4, 0.5) is 11.4 Å². The third-order valence-corrected chi connectivity index (χ3v) is 4.97. The molecular formula is C27H34N2O5. The molecule has 0 aromatic heterocycles. The van der Waals surface area contributed by atoms with Crippen molar-refractivity contribution >= 4 is 29.4 Å². The van der Waals surface area contributed by atoms with Crippen LogP contribution in [0.3, 0.4) is 0 Å². The van der Waals surface area contributed by atoms with E-state index < -0.39 is 5.97 Å². The smallest absolute Gasteiger partial charge is 0.333 e. The molecule has 7 heteroatoms. The van der Waals surface area contributed by atoms with Crippen LogP contribution in [0.2, 0.25) is 0 Å². The number of nitrogens with two attached hydrogens (primary N) is 2. The summed E-state index contributed by atoms with van der Waals surface area (Å²) in [4.78, 5) is 23.2. The Hall–Kier alpha value is -3.74. The fourth-order valence-corrected chi connectivity index (χ4v) is 3.03. The van der Waals surface area contributed by atoms with E-state index in [1.807, 2.05) is 30.3 Å². The van der Waals surface area contributed by atoms with Gasteiger partial charge in [0.2, 0.25) is 0 Å². The van der Waals surface area contributed by atoms with Crippen LogP contribution in [-0.2, 0) is 25.5 Å². The van der Waals surface area contributed by atoms with E-state index in [4.69, 9.17) is 25.7 Å². The standard InChI is InChI=1S/C27H34N2O5/c1-20(2)27(31)34-17-6-4-3-5-16-32-24-12-7-21(8-13-24)9-14-26(30)33-18-15-22-10-11-23(28)19-25(22)29/h7-14,19H,1,3-6,15-18,28-29H2,2H3/b14-9+. The summed E-state index contributed by atoms with van der Waals surface area (Å²) in [5.74, 6) is 0.0263. The highest BCUT2D eigenvalue weighted by atomic mass is 16.5. The molecule has 0 spiro atoms. The van der Waals surface area contributed by atoms with Crippen LogP contribution in [0.1, 0.15) is 43.7 Å². The molecule has 0 aliphatic carbocycles. The number of unbranched alkanes of at least 4 members (excludes halogenated alkanes) is 3. The summed E-state index contributed by atoms with van der Waals surface area (Å²) in [6, 6.07) is 12.8. The number of carbonyl (C=O) groups excluding carboxylic acids is 2. The number of nitrogen functional groups attached to an aromatic ring is 2. The molecule has 7 nitrogen and oxygen atoms in total. The second-order valence-corrected chi connectivity index (χ2v) is 7.96. The average Bonchev–Trinajstić information content (AvgIpc) is 2.81. The lowest BCUT2D eigenvalue weighted by atomic mass is 10.1. The van der Waals surface area contributed by atoms with Gasteiger partial charge in [-0.15, -0.1) is 0 Å². The minimum atomic E-state index is -0.413. The zero-order valence-corrected chi connectivity index (χ0v) is 19.8. The molecule has 4 N–H and O–H groups in total. The van der Waals surface area contributed by atoms with Gasteiger partial charge in [-0.1, -0.05) is 24.8 Å². The van der Waals surface area contributed by atoms with Crippen LogP contribution < -0.4 is 16.2 Å². The van der Waals surface area contributed by atoms with Crippen LogP contribution in [0.25, 0.3) is 6.08 Å². The van der Waals surface area contributed by atoms with Gasteiger partial charge in [0.25, 0.3) is 0 Å². The first-order valence-electron chi connectivity index (χ1n) is 11.4. The largest absolute Gasteiger partial charge is 0.494 e. The molecule has 0 saturated heterocycles. The zero-order chi connectivity index (χ0) is 24.8. The first-order valence-corrected chi connectivity index (χ1v) is 11.4. The van der Waals surface area contributed by atoms with Gasteiger partial charge in [0, 0.05) is 29.4 Å². The third-order valence-electron chi connectivity index (χ3n) is 4.97. The van der Waals surface area contributed by atoms with Crippen molar-refractivity contribution in [1.29, 1.82) is 0 Å². The van der Waals surface area contributed by atoms with Crippen molar-refractivity contribution in [2.75, 3.05) is 31.3 Å². The van der Waals surface area contributed by atoms with Crippen LogP contribution in [0, 0.1) is 0 Å². The number of ether oxygens (including phenoxy) is 3. The molecule has 0 fully saturated rings. The molecule has 2 aromatic carbocycles. The number of esters is 2. The Kier molecular flexibility index (Phi) is 11.2. The number of benzene rings is 2. The van der Waals surface area contributed by atoms with E-state index in [-0.39, 0.29) is 12.6 Å². The first kappa shape index (κ1) is 26.5. The number of rotatable bonds is 14. The van der Waals surface area contributed by atoms with Crippen LogP contribution in [-0.4, -0.2) is 31.8 Å². The lowest BCUT2D eigenvalue weighted by Crippen LogP contribution is -2.06. The van der Waals surface area contributed by atoms with Crippen LogP contribution in [0.15, 0.2) is 60.7 Å². The monoisotopic (exact) mass is 466 g/mol. The topological polar surface area (TPSA) is 114 Å². The molecule has 2 aromatic rings. The SMILES string of the molecule is C=C(C)C(=O)OCCCCCCOc1ccc(/C=C/C(=O)OCCc2ccc(N)cc2N)cc1. The van der Waals surface area contributed by atoms with Crippen molar-refractivity contribution in [1.82, 2.24) is 0 Å². The molecular weight excluding hydrogens is 432 g/mol. The summed E-state index contributed by atoms with van der Waals surface area (Å²) in [6.45, 7) is 6.47. The van der Waals surface area contributed by atoms with Gasteiger partial charge in [0.1, 0.15) is 5.75 Å². The maximum atomic E-state index is 11.9. The van der Waals surface area contributed by atoms with E-state index in [0.29, 0.717) is 36.6 Å². The molecule has 182 valence electrons. The molecule has 0 unspecified atom stereocenters. The van der Waals surface area contributed by atoms with E-state index >= 15 is 0 Å². The highest BCUT2D eigenvalue weighted by Gasteiger charge is 2.03. The molecule has 0 atom stereocenters. The molecule has 2 rings (SSSR count). The number of hydrogen-bond donors (Lipinski definition) is 2. The van der Waals surface area contributed by atoms with E-state index in [1.165, 1.54) is 6.08 Å². The Labute approximate surface area is 201 Å². The quantitative estimate of drug-likeness (QED) is 0.179. The Balaban J connectivity index is 1.59. The van der Waals surface area contributed by atoms with Crippen molar-refractivity contribution in [3.8, 4) is 5.75 Å². The fraction of sp³-hybridized carbons (Fsp3) is 0.333. The molecule has 0 heterocycles. The van der Waals surface area contributed by atoms with Gasteiger partial charge < -0.3 is 25.7 Å². The Bertz CT molecular complexity index is 983. The highest BCUT2D eigenvalue weighted by Crippen LogP contribution is 2.17. The average molecular weight is 467 g/mol. The molecule has 0 amide bonds. The number of anilines is 2. The number of carbonyl (C=O) groups is 2. The predicted molar refractivity (Wildman–Crippen MR) is 135 cm³/mol. The third kappa shape index (κ3) is 10.3. The first-order chi connectivity index (χ1) is 16.3. The van der Waals surface area contributed by atoms with Gasteiger partial charge in [-0.25, -0.2) is 9.59 Å². The zero-order valence-electron chi connectivity index (χ0n) is 19.8. The van der Waals surface area contributed by atoms with Gasteiger partial charge >= 0.3 is 11.9 Å². The summed E-state index contributed by atoms with van der Waals surface area (Å²) in [5, 5.41) is 0. The van der Waals surface area contributed by atoms with Crippen LogP contribution >= 0.6 is 0 Å². The van der Waals surface area contributed by atoms with Crippen LogP contribution in [0.5, 0.6) is 5.75 Å². The van der Waals surface area contributed by atoms with Gasteiger partial charge in [0.15, 0.2) is 0 Å². The summed E-state index contributed by atoms with van der Waals surface area (Å²) in [5.41, 5.74) is 15.0. The van der Waals surface area contributed by atoms with Crippen molar-refractivity contribution in [2.45, 2.75) is 39.0 Å². The summed E-state index contributed by atoms with van der Waals surface area (Å²) >= 11 is 0. The minimum absolute atomic E-state index is 0.240. The van der Waals surface area contributed by atoms with Crippen molar-refractivity contribution < 1.29 is 23.8 Å². The lowest BCUT2D eigenvalue weighted by Gasteiger charge is -2.07. The van der Waals surface area contributed by atoms with Gasteiger partial charge in [-0.05, 0) is 74.1 Å². The molecule has 0 radical (unpaired) electrons. The van der Waals surface area contributed by atoms with Crippen molar-refractivity contribution in [3.63, 3.8) is 0 Å². The lowest BCUT2D eigenvalue weighted by molar-refractivity contribution is -0.139. The van der Waals surface area contributed by atoms with E-state index in [9.17, 15) is 9.59 Å². The second kappa shape index (κ2) is 14.4. The molecule has 0 bridgehead atoms. The summed E-state index contributed by atoms with van der Waals surface area (Å²) in [6.07, 6.45) is 7.35. The van der Waals surface area contributed by atoms with E-state index in [1.54, 1.807) is 25.1 Å². The maximum Gasteiger partial charge on any atom is 0.333 e. The van der Waals surface area contributed by atoms with Crippen molar-refractivity contribution in [2.24, 2.45) is 0 Å². The molecule has 0 aliphatic rings. The predicted octanol–water partition coefficient (Wildman–Crippen LogP) is 4.71. The molecule has 0 saturated carbocycles. The molecule has 0 aliphatic heterocycles. The number of hydrogen-bond acceptors (Lipinski definition) is 7. The summed E-state index contributed by atoms with van der Waals surface area (Å²) in [7, 11) is 0. The van der Waals surface area contributed by atoms with E-state index in [2.05, 4.69) is 6.58 Å². The van der Waals surface area contributed by atoms with Gasteiger partial charge in [-0.3, -0.25) is 0 Å². The minimum Gasteiger partial charge on any atom is -0.494 e. The van der Waals surface area contributed by atoms with E-state index in [0.717, 1.165) is 42.6 Å². The Morgan fingerprint density at radius 2 is 1.62 bits per heavy atom. The van der Waals surface area contributed by atoms with Gasteiger partial charge in [0.05, 0.1) is 19.8 Å². The van der Waals surface area contributed by atoms with Crippen molar-refractivity contribution in [3.05, 3.63) is 71.8 Å². The Morgan fingerprint density at radius 1 is 0.912 bits per heavy atom. The molecule has 34 heavy (non-hydrogen) atoms. The van der Waals surface area contributed by atoms with Gasteiger partial charge in [-0.2, -0.15) is 0 Å².